The lowest BCUT2D eigenvalue weighted by atomic mass is 10.4. The average molecular weight is 211 g/mol. The molecule has 1 aromatic heterocycles. The Morgan fingerprint density at radius 1 is 1.77 bits per heavy atom. The van der Waals surface area contributed by atoms with Gasteiger partial charge in [0, 0.05) is 11.8 Å². The van der Waals surface area contributed by atoms with Crippen LogP contribution in [0, 0.1) is 12.3 Å². The Hall–Kier alpha value is -0.430. The lowest BCUT2D eigenvalue weighted by Gasteiger charge is -2.08. The van der Waals surface area contributed by atoms with Gasteiger partial charge in [0.15, 0.2) is 0 Å². The van der Waals surface area contributed by atoms with E-state index in [2.05, 4.69) is 35.7 Å². The van der Waals surface area contributed by atoms with E-state index in [1.54, 1.807) is 11.3 Å². The molecule has 0 saturated carbocycles. The summed E-state index contributed by atoms with van der Waals surface area (Å²) in [7, 11) is 0. The topological polar surface area (TPSA) is 12.0 Å². The van der Waals surface area contributed by atoms with Gasteiger partial charge in [0.2, 0.25) is 0 Å². The molecule has 0 bridgehead atoms. The van der Waals surface area contributed by atoms with Gasteiger partial charge in [-0.3, -0.25) is 0 Å². The highest BCUT2D eigenvalue weighted by Gasteiger charge is 2.03. The summed E-state index contributed by atoms with van der Waals surface area (Å²) in [5.74, 6) is 2.56. The molecule has 1 atom stereocenters. The average Bonchev–Trinajstić information content (AvgIpc) is 2.57. The zero-order valence-corrected chi connectivity index (χ0v) is 9.25. The monoisotopic (exact) mass is 211 g/mol. The second-order valence-corrected chi connectivity index (χ2v) is 5.38. The Morgan fingerprint density at radius 2 is 2.62 bits per heavy atom. The summed E-state index contributed by atoms with van der Waals surface area (Å²) in [5, 5.41) is 5.87. The van der Waals surface area contributed by atoms with Crippen LogP contribution < -0.4 is 5.32 Å². The van der Waals surface area contributed by atoms with Crippen molar-refractivity contribution in [3.63, 3.8) is 0 Å². The third kappa shape index (κ3) is 4.37. The lowest BCUT2D eigenvalue weighted by molar-refractivity contribution is 0.748. The summed E-state index contributed by atoms with van der Waals surface area (Å²) >= 11 is 3.67. The maximum Gasteiger partial charge on any atom is 0.0601 e. The van der Waals surface area contributed by atoms with Gasteiger partial charge in [-0.2, -0.15) is 0 Å². The Morgan fingerprint density at radius 3 is 3.23 bits per heavy atom. The van der Waals surface area contributed by atoms with Gasteiger partial charge in [0.05, 0.1) is 10.8 Å². The molecule has 13 heavy (non-hydrogen) atoms. The standard InChI is InChI=1S/C10H13NS2/c1-3-6-11-8-9(2)13-10-5-4-7-12-10/h1,4-5,7,9,11H,6,8H2,2H3. The molecule has 0 radical (unpaired) electrons. The first-order valence-corrected chi connectivity index (χ1v) is 5.93. The Labute approximate surface area is 87.9 Å². The van der Waals surface area contributed by atoms with Crippen LogP contribution in [-0.2, 0) is 0 Å². The molecule has 0 spiro atoms. The van der Waals surface area contributed by atoms with E-state index < -0.39 is 0 Å². The van der Waals surface area contributed by atoms with Gasteiger partial charge in [-0.05, 0) is 11.4 Å². The number of nitrogens with one attached hydrogen (secondary N) is 1. The summed E-state index contributed by atoms with van der Waals surface area (Å²) in [4.78, 5) is 0. The Balaban J connectivity index is 2.19. The molecule has 3 heteroatoms. The van der Waals surface area contributed by atoms with Crippen molar-refractivity contribution in [1.29, 1.82) is 0 Å². The van der Waals surface area contributed by atoms with Crippen molar-refractivity contribution in [2.24, 2.45) is 0 Å². The minimum atomic E-state index is 0.576. The first kappa shape index (κ1) is 10.6. The van der Waals surface area contributed by atoms with E-state index >= 15 is 0 Å². The van der Waals surface area contributed by atoms with Crippen LogP contribution in [0.3, 0.4) is 0 Å². The van der Waals surface area contributed by atoms with E-state index in [-0.39, 0.29) is 0 Å². The first-order valence-electron chi connectivity index (χ1n) is 4.17. The fourth-order valence-electron chi connectivity index (χ4n) is 0.918. The normalized spacial score (nSPS) is 12.3. The van der Waals surface area contributed by atoms with Gasteiger partial charge in [-0.25, -0.2) is 0 Å². The predicted molar refractivity (Wildman–Crippen MR) is 61.3 cm³/mol. The van der Waals surface area contributed by atoms with Gasteiger partial charge >= 0.3 is 0 Å². The van der Waals surface area contributed by atoms with Gasteiger partial charge < -0.3 is 5.32 Å². The van der Waals surface area contributed by atoms with E-state index in [0.717, 1.165) is 6.54 Å². The van der Waals surface area contributed by atoms with Gasteiger partial charge in [0.1, 0.15) is 0 Å². The zero-order chi connectivity index (χ0) is 9.52. The van der Waals surface area contributed by atoms with Crippen molar-refractivity contribution < 1.29 is 0 Å². The lowest BCUT2D eigenvalue weighted by Crippen LogP contribution is -2.22. The van der Waals surface area contributed by atoms with Crippen LogP contribution in [0.2, 0.25) is 0 Å². The van der Waals surface area contributed by atoms with Gasteiger partial charge in [-0.1, -0.05) is 18.9 Å². The van der Waals surface area contributed by atoms with Crippen LogP contribution in [-0.4, -0.2) is 18.3 Å². The number of terminal acetylenes is 1. The minimum absolute atomic E-state index is 0.576. The number of hydrogen-bond donors (Lipinski definition) is 1. The second-order valence-electron chi connectivity index (χ2n) is 2.70. The summed E-state index contributed by atoms with van der Waals surface area (Å²) in [6, 6.07) is 4.22. The van der Waals surface area contributed by atoms with Crippen LogP contribution in [0.1, 0.15) is 6.92 Å². The number of hydrogen-bond acceptors (Lipinski definition) is 3. The van der Waals surface area contributed by atoms with E-state index in [4.69, 9.17) is 6.42 Å². The van der Waals surface area contributed by atoms with Crippen molar-refractivity contribution in [3.8, 4) is 12.3 Å². The largest absolute Gasteiger partial charge is 0.305 e. The predicted octanol–water partition coefficient (Wildman–Crippen LogP) is 2.45. The SMILES string of the molecule is C#CCNCC(C)Sc1cccs1. The van der Waals surface area contributed by atoms with Crippen molar-refractivity contribution in [2.45, 2.75) is 16.4 Å². The molecule has 70 valence electrons. The van der Waals surface area contributed by atoms with Crippen LogP contribution >= 0.6 is 23.1 Å². The molecule has 0 saturated heterocycles. The quantitative estimate of drug-likeness (QED) is 0.456. The third-order valence-electron chi connectivity index (χ3n) is 1.47. The van der Waals surface area contributed by atoms with Crippen molar-refractivity contribution in [1.82, 2.24) is 5.32 Å². The fourth-order valence-corrected chi connectivity index (χ4v) is 3.00. The highest BCUT2D eigenvalue weighted by atomic mass is 32.2. The molecule has 0 aliphatic carbocycles. The van der Waals surface area contributed by atoms with Crippen LogP contribution in [0.25, 0.3) is 0 Å². The highest BCUT2D eigenvalue weighted by Crippen LogP contribution is 2.26. The molecule has 1 nitrogen and oxygen atoms in total. The zero-order valence-electron chi connectivity index (χ0n) is 7.62. The number of thiophene rings is 1. The Kier molecular flexibility index (Phi) is 4.99. The second kappa shape index (κ2) is 6.09. The van der Waals surface area contributed by atoms with Crippen molar-refractivity contribution in [3.05, 3.63) is 17.5 Å². The van der Waals surface area contributed by atoms with Crippen LogP contribution in [0.15, 0.2) is 21.7 Å². The van der Waals surface area contributed by atoms with Crippen LogP contribution in [0.5, 0.6) is 0 Å². The number of thioether (sulfide) groups is 1. The molecule has 0 aromatic carbocycles. The van der Waals surface area contributed by atoms with E-state index in [9.17, 15) is 0 Å². The molecule has 0 aliphatic heterocycles. The molecule has 0 fully saturated rings. The first-order chi connectivity index (χ1) is 6.33. The molecule has 0 aliphatic rings. The summed E-state index contributed by atoms with van der Waals surface area (Å²) in [6.45, 7) is 3.83. The van der Waals surface area contributed by atoms with Crippen molar-refractivity contribution in [2.75, 3.05) is 13.1 Å². The minimum Gasteiger partial charge on any atom is -0.305 e. The smallest absolute Gasteiger partial charge is 0.0601 e. The van der Waals surface area contributed by atoms with Gasteiger partial charge in [-0.15, -0.1) is 29.5 Å². The molecular weight excluding hydrogens is 198 g/mol. The van der Waals surface area contributed by atoms with E-state index in [0.29, 0.717) is 11.8 Å². The molecular formula is C10H13NS2. The Bertz CT molecular complexity index is 261. The maximum absolute atomic E-state index is 5.13. The molecule has 0 amide bonds. The fraction of sp³-hybridized carbons (Fsp3) is 0.400. The van der Waals surface area contributed by atoms with Crippen molar-refractivity contribution >= 4 is 23.1 Å². The van der Waals surface area contributed by atoms with Crippen LogP contribution in [0.4, 0.5) is 0 Å². The third-order valence-corrected chi connectivity index (χ3v) is 3.65. The van der Waals surface area contributed by atoms with E-state index in [1.165, 1.54) is 4.21 Å². The van der Waals surface area contributed by atoms with E-state index in [1.807, 2.05) is 11.8 Å². The summed E-state index contributed by atoms with van der Waals surface area (Å²) in [5.41, 5.74) is 0. The molecule has 1 rings (SSSR count). The molecule has 1 heterocycles. The highest BCUT2D eigenvalue weighted by molar-refractivity contribution is 8.01. The molecule has 1 unspecified atom stereocenters. The maximum atomic E-state index is 5.13. The molecule has 1 N–H and O–H groups in total. The van der Waals surface area contributed by atoms with Gasteiger partial charge in [0.25, 0.3) is 0 Å². The summed E-state index contributed by atoms with van der Waals surface area (Å²) < 4.78 is 1.37. The number of rotatable bonds is 5. The summed E-state index contributed by atoms with van der Waals surface area (Å²) in [6.07, 6.45) is 5.13. The molecule has 1 aromatic rings.